The van der Waals surface area contributed by atoms with Crippen LogP contribution in [0.5, 0.6) is 0 Å². The van der Waals surface area contributed by atoms with E-state index in [0.717, 1.165) is 23.0 Å². The maximum Gasteiger partial charge on any atom is 0.343 e. The van der Waals surface area contributed by atoms with Gasteiger partial charge in [0.2, 0.25) is 0 Å². The van der Waals surface area contributed by atoms with Crippen LogP contribution in [0.1, 0.15) is 17.0 Å². The molecule has 0 amide bonds. The van der Waals surface area contributed by atoms with E-state index < -0.39 is 5.82 Å². The number of anilines is 1. The lowest BCUT2D eigenvalue weighted by Gasteiger charge is -2.27. The van der Waals surface area contributed by atoms with Gasteiger partial charge in [0, 0.05) is 19.2 Å². The molecule has 176 valence electrons. The normalized spacial score (nSPS) is 13.3. The molecule has 0 unspecified atom stereocenters. The van der Waals surface area contributed by atoms with E-state index in [0.29, 0.717) is 36.8 Å². The lowest BCUT2D eigenvalue weighted by Crippen LogP contribution is -2.38. The first kappa shape index (κ1) is 21.0. The Bertz CT molecular complexity index is 1570. The first-order valence-corrected chi connectivity index (χ1v) is 11.0. The fourth-order valence-electron chi connectivity index (χ4n) is 4.20. The zero-order valence-corrected chi connectivity index (χ0v) is 18.7. The summed E-state index contributed by atoms with van der Waals surface area (Å²) in [5.74, 6) is 0.376. The van der Waals surface area contributed by atoms with Crippen LogP contribution in [-0.4, -0.2) is 46.2 Å². The maximum atomic E-state index is 14.8. The second-order valence-electron chi connectivity index (χ2n) is 8.27. The number of hydrogen-bond acceptors (Lipinski definition) is 8. The van der Waals surface area contributed by atoms with Crippen LogP contribution in [0, 0.1) is 12.7 Å². The van der Waals surface area contributed by atoms with Gasteiger partial charge in [-0.2, -0.15) is 10.2 Å². The number of aromatic nitrogens is 8. The second kappa shape index (κ2) is 8.31. The summed E-state index contributed by atoms with van der Waals surface area (Å²) in [6, 6.07) is 11.6. The summed E-state index contributed by atoms with van der Waals surface area (Å²) in [4.78, 5) is 22.2. The fourth-order valence-corrected chi connectivity index (χ4v) is 4.20. The molecule has 6 rings (SSSR count). The van der Waals surface area contributed by atoms with Crippen molar-refractivity contribution in [2.24, 2.45) is 0 Å². The molecule has 0 fully saturated rings. The highest BCUT2D eigenvalue weighted by Crippen LogP contribution is 2.27. The van der Waals surface area contributed by atoms with Crippen molar-refractivity contribution in [2.45, 2.75) is 26.6 Å². The molecular formula is C23H20FN9O2. The smallest absolute Gasteiger partial charge is 0.343 e. The van der Waals surface area contributed by atoms with E-state index in [2.05, 4.69) is 25.3 Å². The predicted octanol–water partition coefficient (Wildman–Crippen LogP) is 2.40. The largest absolute Gasteiger partial charge is 0.364 e. The van der Waals surface area contributed by atoms with Crippen LogP contribution in [0.15, 0.2) is 58.2 Å². The molecule has 35 heavy (non-hydrogen) atoms. The van der Waals surface area contributed by atoms with Crippen molar-refractivity contribution in [1.29, 1.82) is 0 Å². The number of nitrogens with zero attached hydrogens (tertiary/aromatic N) is 8. The van der Waals surface area contributed by atoms with Gasteiger partial charge in [0.25, 0.3) is 0 Å². The minimum Gasteiger partial charge on any atom is -0.364 e. The Kier molecular flexibility index (Phi) is 4.98. The van der Waals surface area contributed by atoms with Crippen molar-refractivity contribution < 1.29 is 8.91 Å². The Morgan fingerprint density at radius 2 is 2.06 bits per heavy atom. The first-order chi connectivity index (χ1) is 17.1. The van der Waals surface area contributed by atoms with E-state index >= 15 is 0 Å². The zero-order valence-electron chi connectivity index (χ0n) is 18.7. The number of fused-ring (bicyclic) bond motifs is 1. The Morgan fingerprint density at radius 3 is 2.89 bits per heavy atom. The SMILES string of the molecule is Cc1ccccc1Cn1nc(-c2ncc(F)c(N3CCn4c(n[nH]c4=O)C3)n2)cc1-c1ccon1. The minimum atomic E-state index is -0.559. The highest BCUT2D eigenvalue weighted by molar-refractivity contribution is 5.63. The number of H-pyrrole nitrogens is 1. The van der Waals surface area contributed by atoms with Crippen molar-refractivity contribution >= 4 is 5.82 Å². The number of benzene rings is 1. The summed E-state index contributed by atoms with van der Waals surface area (Å²) in [5.41, 5.74) is 3.79. The highest BCUT2D eigenvalue weighted by atomic mass is 19.1. The summed E-state index contributed by atoms with van der Waals surface area (Å²) >= 11 is 0. The van der Waals surface area contributed by atoms with Gasteiger partial charge in [-0.3, -0.25) is 9.25 Å². The average Bonchev–Trinajstić information content (AvgIpc) is 3.61. The molecule has 1 N–H and O–H groups in total. The first-order valence-electron chi connectivity index (χ1n) is 11.0. The molecule has 11 nitrogen and oxygen atoms in total. The molecule has 1 aliphatic heterocycles. The molecule has 5 aromatic rings. The Hall–Kier alpha value is -4.61. The summed E-state index contributed by atoms with van der Waals surface area (Å²) in [6.45, 7) is 3.59. The molecule has 5 heterocycles. The highest BCUT2D eigenvalue weighted by Gasteiger charge is 2.25. The quantitative estimate of drug-likeness (QED) is 0.413. The maximum absolute atomic E-state index is 14.8. The number of nitrogens with one attached hydrogen (secondary N) is 1. The van der Waals surface area contributed by atoms with E-state index in [1.165, 1.54) is 10.8 Å². The molecule has 0 aliphatic carbocycles. The molecule has 0 radical (unpaired) electrons. The van der Waals surface area contributed by atoms with Crippen LogP contribution >= 0.6 is 0 Å². The summed E-state index contributed by atoms with van der Waals surface area (Å²) in [5, 5.41) is 15.2. The van der Waals surface area contributed by atoms with Gasteiger partial charge in [0.05, 0.1) is 25.0 Å². The van der Waals surface area contributed by atoms with Gasteiger partial charge in [-0.1, -0.05) is 29.4 Å². The van der Waals surface area contributed by atoms with Gasteiger partial charge >= 0.3 is 5.69 Å². The van der Waals surface area contributed by atoms with Crippen LogP contribution in [0.4, 0.5) is 10.2 Å². The van der Waals surface area contributed by atoms with Gasteiger partial charge in [-0.05, 0) is 24.1 Å². The van der Waals surface area contributed by atoms with Crippen molar-refractivity contribution in [3.05, 3.63) is 82.1 Å². The van der Waals surface area contributed by atoms with Gasteiger partial charge in [0.1, 0.15) is 17.7 Å². The lowest BCUT2D eigenvalue weighted by atomic mass is 10.1. The number of rotatable bonds is 5. The molecule has 4 aromatic heterocycles. The van der Waals surface area contributed by atoms with Crippen LogP contribution in [-0.2, 0) is 19.6 Å². The van der Waals surface area contributed by atoms with Crippen molar-refractivity contribution in [2.75, 3.05) is 11.4 Å². The predicted molar refractivity (Wildman–Crippen MR) is 123 cm³/mol. The molecule has 12 heteroatoms. The van der Waals surface area contributed by atoms with Crippen LogP contribution in [0.2, 0.25) is 0 Å². The minimum absolute atomic E-state index is 0.133. The van der Waals surface area contributed by atoms with E-state index in [1.807, 2.05) is 41.9 Å². The van der Waals surface area contributed by atoms with Gasteiger partial charge in [-0.15, -0.1) is 0 Å². The Labute approximate surface area is 197 Å². The van der Waals surface area contributed by atoms with Gasteiger partial charge in [-0.25, -0.2) is 24.3 Å². The summed E-state index contributed by atoms with van der Waals surface area (Å²) in [7, 11) is 0. The Morgan fingerprint density at radius 1 is 1.17 bits per heavy atom. The molecule has 0 saturated heterocycles. The van der Waals surface area contributed by atoms with Crippen molar-refractivity contribution in [3.63, 3.8) is 0 Å². The molecule has 1 aliphatic rings. The molecule has 1 aromatic carbocycles. The van der Waals surface area contributed by atoms with Crippen molar-refractivity contribution in [1.82, 2.24) is 39.7 Å². The van der Waals surface area contributed by atoms with Crippen LogP contribution in [0.25, 0.3) is 22.9 Å². The summed E-state index contributed by atoms with van der Waals surface area (Å²) < 4.78 is 23.2. The van der Waals surface area contributed by atoms with Crippen LogP contribution in [0.3, 0.4) is 0 Å². The number of halogens is 1. The molecule has 0 bridgehead atoms. The lowest BCUT2D eigenvalue weighted by molar-refractivity contribution is 0.421. The third kappa shape index (κ3) is 3.78. The monoisotopic (exact) mass is 473 g/mol. The average molecular weight is 473 g/mol. The van der Waals surface area contributed by atoms with Crippen molar-refractivity contribution in [3.8, 4) is 22.9 Å². The zero-order chi connectivity index (χ0) is 23.9. The van der Waals surface area contributed by atoms with Gasteiger partial charge < -0.3 is 9.42 Å². The number of hydrogen-bond donors (Lipinski definition) is 1. The van der Waals surface area contributed by atoms with Gasteiger partial charge in [0.15, 0.2) is 23.3 Å². The summed E-state index contributed by atoms with van der Waals surface area (Å²) in [6.07, 6.45) is 2.64. The molecular weight excluding hydrogens is 453 g/mol. The van der Waals surface area contributed by atoms with E-state index in [4.69, 9.17) is 9.62 Å². The fraction of sp³-hybridized carbons (Fsp3) is 0.217. The number of aryl methyl sites for hydroxylation is 1. The molecule has 0 spiro atoms. The van der Waals surface area contributed by atoms with Crippen LogP contribution < -0.4 is 10.6 Å². The standard InChI is InChI=1S/C23H20FN9O2/c1-14-4-2-3-5-15(14)12-33-19(17-6-9-35-30-17)10-18(29-33)21-25-11-16(24)22(26-21)31-7-8-32-20(13-31)27-28-23(32)34/h2-6,9-11H,7-8,12-13H2,1H3,(H,28,34). The number of aromatic amines is 1. The third-order valence-corrected chi connectivity index (χ3v) is 6.08. The topological polar surface area (TPSA) is 124 Å². The van der Waals surface area contributed by atoms with E-state index in [1.54, 1.807) is 11.0 Å². The van der Waals surface area contributed by atoms with E-state index in [-0.39, 0.29) is 23.9 Å². The second-order valence-corrected chi connectivity index (χ2v) is 8.27. The molecule has 0 atom stereocenters. The van der Waals surface area contributed by atoms with E-state index in [9.17, 15) is 9.18 Å². The Balaban J connectivity index is 1.38. The third-order valence-electron chi connectivity index (χ3n) is 6.08. The molecule has 0 saturated carbocycles.